The number of nitrogens with one attached hydrogen (secondary N) is 1. The molecule has 1 N–H and O–H groups in total. The minimum absolute atomic E-state index is 0.0786. The zero-order chi connectivity index (χ0) is 21.1. The highest BCUT2D eigenvalue weighted by molar-refractivity contribution is 9.10. The average Bonchev–Trinajstić information content (AvgIpc) is 2.55. The maximum atomic E-state index is 12.4. The topological polar surface area (TPSA) is 110 Å². The third-order valence-corrected chi connectivity index (χ3v) is 7.36. The van der Waals surface area contributed by atoms with Crippen LogP contribution in [-0.4, -0.2) is 42.4 Å². The summed E-state index contributed by atoms with van der Waals surface area (Å²) in [7, 11) is -6.58. The molecular weight excluding hydrogens is 472 g/mol. The van der Waals surface area contributed by atoms with Crippen LogP contribution in [0.3, 0.4) is 0 Å². The van der Waals surface area contributed by atoms with E-state index in [0.29, 0.717) is 21.6 Å². The van der Waals surface area contributed by atoms with Gasteiger partial charge in [-0.2, -0.15) is 3.71 Å². The van der Waals surface area contributed by atoms with Gasteiger partial charge in [0.2, 0.25) is 20.0 Å². The Morgan fingerprint density at radius 2 is 1.71 bits per heavy atom. The predicted molar refractivity (Wildman–Crippen MR) is 111 cm³/mol. The fraction of sp³-hybridized carbons (Fsp3) is 0.235. The molecule has 0 aliphatic rings. The van der Waals surface area contributed by atoms with Crippen LogP contribution in [0.2, 0.25) is 0 Å². The van der Waals surface area contributed by atoms with Crippen molar-refractivity contribution in [3.05, 3.63) is 58.1 Å². The maximum absolute atomic E-state index is 12.4. The molecule has 0 aromatic heterocycles. The van der Waals surface area contributed by atoms with Crippen LogP contribution in [0.15, 0.2) is 46.9 Å². The Bertz CT molecular complexity index is 1070. The summed E-state index contributed by atoms with van der Waals surface area (Å²) >= 11 is 3.17. The third-order valence-electron chi connectivity index (χ3n) is 3.50. The number of rotatable bonds is 7. The standard InChI is InChI=1S/C17H19BrN2O6S2/c1-26-11-12-5-4-6-13(9-12)17(21)19-14-7-8-16(15(18)10-14)20(27(2,22)23)28(3,24)25/h4-10H,11H2,1-3H3,(H,19,21). The number of halogens is 1. The van der Waals surface area contributed by atoms with Crippen molar-refractivity contribution in [2.45, 2.75) is 6.61 Å². The number of anilines is 2. The van der Waals surface area contributed by atoms with Crippen molar-refractivity contribution in [2.75, 3.05) is 28.6 Å². The predicted octanol–water partition coefficient (Wildman–Crippen LogP) is 2.57. The van der Waals surface area contributed by atoms with Crippen molar-refractivity contribution < 1.29 is 26.4 Å². The molecule has 0 spiro atoms. The summed E-state index contributed by atoms with van der Waals surface area (Å²) in [5.74, 6) is -0.374. The number of carbonyl (C=O) groups is 1. The number of hydrogen-bond donors (Lipinski definition) is 1. The zero-order valence-corrected chi connectivity index (χ0v) is 18.6. The van der Waals surface area contributed by atoms with E-state index in [-0.39, 0.29) is 16.1 Å². The van der Waals surface area contributed by atoms with E-state index in [9.17, 15) is 21.6 Å². The summed E-state index contributed by atoms with van der Waals surface area (Å²) in [6, 6.07) is 11.0. The Morgan fingerprint density at radius 3 is 2.25 bits per heavy atom. The van der Waals surface area contributed by atoms with E-state index in [1.807, 2.05) is 6.07 Å². The molecule has 0 unspecified atom stereocenters. The number of benzene rings is 2. The van der Waals surface area contributed by atoms with Gasteiger partial charge in [-0.25, -0.2) is 16.8 Å². The van der Waals surface area contributed by atoms with Crippen LogP contribution in [0.25, 0.3) is 0 Å². The number of nitrogens with zero attached hydrogens (tertiary/aromatic N) is 1. The summed E-state index contributed by atoms with van der Waals surface area (Å²) in [5.41, 5.74) is 1.54. The van der Waals surface area contributed by atoms with Crippen LogP contribution in [0.5, 0.6) is 0 Å². The van der Waals surface area contributed by atoms with Gasteiger partial charge in [-0.3, -0.25) is 4.79 Å². The second-order valence-electron chi connectivity index (χ2n) is 5.98. The minimum Gasteiger partial charge on any atom is -0.380 e. The molecule has 11 heteroatoms. The van der Waals surface area contributed by atoms with Crippen molar-refractivity contribution in [1.29, 1.82) is 0 Å². The summed E-state index contributed by atoms with van der Waals surface area (Å²) < 4.78 is 53.2. The molecule has 0 saturated carbocycles. The molecule has 0 radical (unpaired) electrons. The van der Waals surface area contributed by atoms with E-state index in [2.05, 4.69) is 21.2 Å². The van der Waals surface area contributed by atoms with Crippen LogP contribution in [0.1, 0.15) is 15.9 Å². The van der Waals surface area contributed by atoms with Gasteiger partial charge in [0.1, 0.15) is 0 Å². The fourth-order valence-corrected chi connectivity index (χ4v) is 6.30. The van der Waals surface area contributed by atoms with E-state index in [4.69, 9.17) is 4.74 Å². The zero-order valence-electron chi connectivity index (χ0n) is 15.3. The normalized spacial score (nSPS) is 11.9. The third kappa shape index (κ3) is 5.53. The van der Waals surface area contributed by atoms with Crippen LogP contribution in [0.4, 0.5) is 11.4 Å². The number of carbonyl (C=O) groups excluding carboxylic acids is 1. The van der Waals surface area contributed by atoms with Crippen molar-refractivity contribution in [2.24, 2.45) is 0 Å². The largest absolute Gasteiger partial charge is 0.380 e. The molecule has 2 aromatic rings. The van der Waals surface area contributed by atoms with Crippen molar-refractivity contribution in [3.63, 3.8) is 0 Å². The van der Waals surface area contributed by atoms with Gasteiger partial charge in [-0.1, -0.05) is 12.1 Å². The molecule has 0 saturated heterocycles. The quantitative estimate of drug-likeness (QED) is 0.638. The molecule has 152 valence electrons. The lowest BCUT2D eigenvalue weighted by molar-refractivity contribution is 0.102. The molecular formula is C17H19BrN2O6S2. The first-order chi connectivity index (χ1) is 12.9. The van der Waals surface area contributed by atoms with Crippen LogP contribution >= 0.6 is 15.9 Å². The minimum atomic E-state index is -4.07. The average molecular weight is 491 g/mol. The van der Waals surface area contributed by atoms with Gasteiger partial charge in [0.15, 0.2) is 0 Å². The molecule has 0 atom stereocenters. The summed E-state index contributed by atoms with van der Waals surface area (Å²) in [4.78, 5) is 12.4. The molecule has 0 fully saturated rings. The second kappa shape index (κ2) is 8.60. The molecule has 28 heavy (non-hydrogen) atoms. The first-order valence-electron chi connectivity index (χ1n) is 7.82. The molecule has 0 aliphatic heterocycles. The van der Waals surface area contributed by atoms with Crippen molar-refractivity contribution in [1.82, 2.24) is 0 Å². The molecule has 2 rings (SSSR count). The first kappa shape index (κ1) is 22.3. The molecule has 0 heterocycles. The summed E-state index contributed by atoms with van der Waals surface area (Å²) in [5, 5.41) is 2.68. The number of methoxy groups -OCH3 is 1. The summed E-state index contributed by atoms with van der Waals surface area (Å²) in [6.07, 6.45) is 1.59. The number of ether oxygens (including phenoxy) is 1. The van der Waals surface area contributed by atoms with Crippen LogP contribution < -0.4 is 9.03 Å². The summed E-state index contributed by atoms with van der Waals surface area (Å²) in [6.45, 7) is 0.369. The Kier molecular flexibility index (Phi) is 6.86. The molecule has 0 aliphatic carbocycles. The van der Waals surface area contributed by atoms with E-state index >= 15 is 0 Å². The number of amides is 1. The SMILES string of the molecule is COCc1cccc(C(=O)Nc2ccc(N(S(C)(=O)=O)S(C)(=O)=O)c(Br)c2)c1. The van der Waals surface area contributed by atoms with Gasteiger partial charge in [0, 0.05) is 22.8 Å². The van der Waals surface area contributed by atoms with E-state index < -0.39 is 20.0 Å². The van der Waals surface area contributed by atoms with Crippen molar-refractivity contribution >= 4 is 53.3 Å². The monoisotopic (exact) mass is 490 g/mol. The number of hydrogen-bond acceptors (Lipinski definition) is 6. The molecule has 1 amide bonds. The number of sulfonamides is 2. The highest BCUT2D eigenvalue weighted by atomic mass is 79.9. The Hall–Kier alpha value is -1.95. The fourth-order valence-electron chi connectivity index (χ4n) is 2.51. The van der Waals surface area contributed by atoms with E-state index in [1.165, 1.54) is 18.2 Å². The Labute approximate surface area is 172 Å². The lowest BCUT2D eigenvalue weighted by Crippen LogP contribution is -2.35. The maximum Gasteiger partial charge on any atom is 0.255 e. The molecule has 2 aromatic carbocycles. The lowest BCUT2D eigenvalue weighted by atomic mass is 10.1. The van der Waals surface area contributed by atoms with Gasteiger partial charge >= 0.3 is 0 Å². The van der Waals surface area contributed by atoms with Gasteiger partial charge in [0.05, 0.1) is 24.8 Å². The van der Waals surface area contributed by atoms with Gasteiger partial charge < -0.3 is 10.1 Å². The molecule has 0 bridgehead atoms. The lowest BCUT2D eigenvalue weighted by Gasteiger charge is -2.21. The highest BCUT2D eigenvalue weighted by Crippen LogP contribution is 2.32. The van der Waals surface area contributed by atoms with Gasteiger partial charge in [-0.15, -0.1) is 0 Å². The van der Waals surface area contributed by atoms with Crippen LogP contribution in [0, 0.1) is 0 Å². The van der Waals surface area contributed by atoms with E-state index in [1.54, 1.807) is 25.3 Å². The highest BCUT2D eigenvalue weighted by Gasteiger charge is 2.29. The van der Waals surface area contributed by atoms with Crippen molar-refractivity contribution in [3.8, 4) is 0 Å². The second-order valence-corrected chi connectivity index (χ2v) is 10.7. The first-order valence-corrected chi connectivity index (χ1v) is 12.3. The smallest absolute Gasteiger partial charge is 0.255 e. The van der Waals surface area contributed by atoms with Gasteiger partial charge in [0.25, 0.3) is 5.91 Å². The van der Waals surface area contributed by atoms with E-state index in [0.717, 1.165) is 18.1 Å². The Balaban J connectivity index is 2.32. The van der Waals surface area contributed by atoms with Gasteiger partial charge in [-0.05, 0) is 51.8 Å². The molecule has 8 nitrogen and oxygen atoms in total. The van der Waals surface area contributed by atoms with Crippen LogP contribution in [-0.2, 0) is 31.4 Å². The Morgan fingerprint density at radius 1 is 1.07 bits per heavy atom.